The summed E-state index contributed by atoms with van der Waals surface area (Å²) in [4.78, 5) is 8.65. The SMILES string of the molecule is CNc1cn2ccnc2c(OC2CCC2)n1. The van der Waals surface area contributed by atoms with Gasteiger partial charge in [0, 0.05) is 19.4 Å². The summed E-state index contributed by atoms with van der Waals surface area (Å²) in [6, 6.07) is 0. The van der Waals surface area contributed by atoms with Crippen molar-refractivity contribution < 1.29 is 4.74 Å². The highest BCUT2D eigenvalue weighted by Gasteiger charge is 2.21. The zero-order chi connectivity index (χ0) is 11.0. The van der Waals surface area contributed by atoms with Crippen LogP contribution >= 0.6 is 0 Å². The van der Waals surface area contributed by atoms with Gasteiger partial charge in [-0.2, -0.15) is 4.98 Å². The number of rotatable bonds is 3. The van der Waals surface area contributed by atoms with Crippen molar-refractivity contribution in [2.75, 3.05) is 12.4 Å². The standard InChI is InChI=1S/C11H14N4O/c1-12-9-7-15-6-5-13-10(15)11(14-9)16-8-3-2-4-8/h5-8,12H,2-4H2,1H3. The van der Waals surface area contributed by atoms with Crippen LogP contribution in [0.3, 0.4) is 0 Å². The van der Waals surface area contributed by atoms with Crippen LogP contribution in [0.1, 0.15) is 19.3 Å². The number of ether oxygens (including phenoxy) is 1. The maximum Gasteiger partial charge on any atom is 0.260 e. The van der Waals surface area contributed by atoms with Gasteiger partial charge in [-0.15, -0.1) is 0 Å². The van der Waals surface area contributed by atoms with Crippen LogP contribution in [0.25, 0.3) is 5.65 Å². The molecule has 84 valence electrons. The summed E-state index contributed by atoms with van der Waals surface area (Å²) in [6.07, 6.45) is 9.36. The zero-order valence-corrected chi connectivity index (χ0v) is 9.18. The minimum absolute atomic E-state index is 0.320. The van der Waals surface area contributed by atoms with Crippen LogP contribution in [0.15, 0.2) is 18.6 Å². The van der Waals surface area contributed by atoms with Gasteiger partial charge in [-0.25, -0.2) is 4.98 Å². The Balaban J connectivity index is 2.01. The number of hydrogen-bond acceptors (Lipinski definition) is 4. The van der Waals surface area contributed by atoms with Crippen molar-refractivity contribution in [1.82, 2.24) is 14.4 Å². The summed E-state index contributed by atoms with van der Waals surface area (Å²) in [6.45, 7) is 0. The monoisotopic (exact) mass is 218 g/mol. The molecule has 1 aliphatic rings. The van der Waals surface area contributed by atoms with Crippen LogP contribution in [0, 0.1) is 0 Å². The molecule has 0 aromatic carbocycles. The lowest BCUT2D eigenvalue weighted by Crippen LogP contribution is -2.25. The summed E-state index contributed by atoms with van der Waals surface area (Å²) < 4.78 is 7.75. The molecule has 0 amide bonds. The van der Waals surface area contributed by atoms with Gasteiger partial charge < -0.3 is 10.1 Å². The molecule has 1 aliphatic carbocycles. The molecule has 0 saturated heterocycles. The molecule has 2 aromatic heterocycles. The Hall–Kier alpha value is -1.78. The van der Waals surface area contributed by atoms with Crippen LogP contribution < -0.4 is 10.1 Å². The maximum absolute atomic E-state index is 5.83. The zero-order valence-electron chi connectivity index (χ0n) is 9.18. The second-order valence-corrected chi connectivity index (χ2v) is 4.01. The van der Waals surface area contributed by atoms with Crippen molar-refractivity contribution in [3.05, 3.63) is 18.6 Å². The second-order valence-electron chi connectivity index (χ2n) is 4.01. The van der Waals surface area contributed by atoms with E-state index in [9.17, 15) is 0 Å². The number of nitrogens with zero attached hydrogens (tertiary/aromatic N) is 3. The molecule has 16 heavy (non-hydrogen) atoms. The maximum atomic E-state index is 5.83. The first-order valence-corrected chi connectivity index (χ1v) is 5.55. The van der Waals surface area contributed by atoms with Crippen molar-refractivity contribution in [2.45, 2.75) is 25.4 Å². The first-order valence-electron chi connectivity index (χ1n) is 5.55. The second kappa shape index (κ2) is 3.66. The average molecular weight is 218 g/mol. The van der Waals surface area contributed by atoms with E-state index in [1.165, 1.54) is 6.42 Å². The lowest BCUT2D eigenvalue weighted by Gasteiger charge is -2.25. The summed E-state index contributed by atoms with van der Waals surface area (Å²) in [5.41, 5.74) is 0.783. The van der Waals surface area contributed by atoms with Crippen molar-refractivity contribution in [3.63, 3.8) is 0 Å². The minimum Gasteiger partial charge on any atom is -0.472 e. The van der Waals surface area contributed by atoms with Crippen LogP contribution in [0.4, 0.5) is 5.82 Å². The van der Waals surface area contributed by atoms with E-state index in [4.69, 9.17) is 4.74 Å². The van der Waals surface area contributed by atoms with Crippen molar-refractivity contribution in [1.29, 1.82) is 0 Å². The predicted octanol–water partition coefficient (Wildman–Crippen LogP) is 1.70. The highest BCUT2D eigenvalue weighted by Crippen LogP contribution is 2.27. The third-order valence-electron chi connectivity index (χ3n) is 2.93. The number of anilines is 1. The molecule has 1 N–H and O–H groups in total. The van der Waals surface area contributed by atoms with Gasteiger partial charge in [0.1, 0.15) is 11.9 Å². The number of aromatic nitrogens is 3. The van der Waals surface area contributed by atoms with Gasteiger partial charge >= 0.3 is 0 Å². The Morgan fingerprint density at radius 3 is 3.06 bits per heavy atom. The Morgan fingerprint density at radius 1 is 1.50 bits per heavy atom. The fourth-order valence-corrected chi connectivity index (χ4v) is 1.75. The molecule has 0 bridgehead atoms. The minimum atomic E-state index is 0.320. The molecule has 0 spiro atoms. The summed E-state index contributed by atoms with van der Waals surface area (Å²) in [5, 5.41) is 3.02. The third-order valence-corrected chi connectivity index (χ3v) is 2.93. The normalized spacial score (nSPS) is 16.1. The molecule has 2 aromatic rings. The lowest BCUT2D eigenvalue weighted by molar-refractivity contribution is 0.116. The van der Waals surface area contributed by atoms with Crippen molar-refractivity contribution in [2.24, 2.45) is 0 Å². The van der Waals surface area contributed by atoms with Crippen LogP contribution in [0.5, 0.6) is 5.88 Å². The van der Waals surface area contributed by atoms with Gasteiger partial charge in [-0.05, 0) is 19.3 Å². The largest absolute Gasteiger partial charge is 0.472 e. The molecule has 5 nitrogen and oxygen atoms in total. The highest BCUT2D eigenvalue weighted by molar-refractivity contribution is 5.53. The first-order chi connectivity index (χ1) is 7.86. The lowest BCUT2D eigenvalue weighted by atomic mass is 9.96. The summed E-state index contributed by atoms with van der Waals surface area (Å²) >= 11 is 0. The highest BCUT2D eigenvalue weighted by atomic mass is 16.5. The van der Waals surface area contributed by atoms with E-state index in [0.29, 0.717) is 12.0 Å². The predicted molar refractivity (Wildman–Crippen MR) is 60.8 cm³/mol. The average Bonchev–Trinajstić information content (AvgIpc) is 2.70. The number of nitrogens with one attached hydrogen (secondary N) is 1. The Bertz CT molecular complexity index is 504. The van der Waals surface area contributed by atoms with E-state index < -0.39 is 0 Å². The van der Waals surface area contributed by atoms with Crippen LogP contribution in [-0.2, 0) is 0 Å². The van der Waals surface area contributed by atoms with E-state index in [1.54, 1.807) is 6.20 Å². The van der Waals surface area contributed by atoms with Crippen molar-refractivity contribution >= 4 is 11.5 Å². The quantitative estimate of drug-likeness (QED) is 0.852. The fraction of sp³-hybridized carbons (Fsp3) is 0.455. The van der Waals surface area contributed by atoms with Crippen LogP contribution in [-0.4, -0.2) is 27.5 Å². The van der Waals surface area contributed by atoms with Gasteiger partial charge in [-0.1, -0.05) is 0 Å². The van der Waals surface area contributed by atoms with Gasteiger partial charge in [0.2, 0.25) is 5.65 Å². The molecular weight excluding hydrogens is 204 g/mol. The number of fused-ring (bicyclic) bond motifs is 1. The van der Waals surface area contributed by atoms with Crippen LogP contribution in [0.2, 0.25) is 0 Å². The first kappa shape index (κ1) is 9.45. The molecule has 3 rings (SSSR count). The molecule has 0 radical (unpaired) electrons. The Labute approximate surface area is 93.5 Å². The smallest absolute Gasteiger partial charge is 0.260 e. The fourth-order valence-electron chi connectivity index (χ4n) is 1.75. The molecule has 0 aliphatic heterocycles. The van der Waals surface area contributed by atoms with Crippen molar-refractivity contribution in [3.8, 4) is 5.88 Å². The topological polar surface area (TPSA) is 51.5 Å². The molecule has 5 heteroatoms. The van der Waals surface area contributed by atoms with E-state index in [1.807, 2.05) is 23.8 Å². The van der Waals surface area contributed by atoms with E-state index in [2.05, 4.69) is 15.3 Å². The van der Waals surface area contributed by atoms with Gasteiger partial charge in [-0.3, -0.25) is 4.40 Å². The summed E-state index contributed by atoms with van der Waals surface area (Å²) in [7, 11) is 1.85. The van der Waals surface area contributed by atoms with E-state index >= 15 is 0 Å². The molecule has 2 heterocycles. The number of hydrogen-bond donors (Lipinski definition) is 1. The Morgan fingerprint density at radius 2 is 2.38 bits per heavy atom. The van der Waals surface area contributed by atoms with E-state index in [0.717, 1.165) is 24.3 Å². The van der Waals surface area contributed by atoms with Gasteiger partial charge in [0.05, 0.1) is 6.20 Å². The molecule has 0 unspecified atom stereocenters. The molecular formula is C11H14N4O. The van der Waals surface area contributed by atoms with Gasteiger partial charge in [0.25, 0.3) is 5.88 Å². The Kier molecular flexibility index (Phi) is 2.16. The van der Waals surface area contributed by atoms with E-state index in [-0.39, 0.29) is 0 Å². The molecule has 1 saturated carbocycles. The number of imidazole rings is 1. The molecule has 0 atom stereocenters. The van der Waals surface area contributed by atoms with Gasteiger partial charge in [0.15, 0.2) is 0 Å². The summed E-state index contributed by atoms with van der Waals surface area (Å²) in [5.74, 6) is 1.42. The third kappa shape index (κ3) is 1.48. The molecule has 1 fully saturated rings.